The highest BCUT2D eigenvalue weighted by molar-refractivity contribution is 5.69. The SMILES string of the molecule is CCCCCCCCCCCOC(=O)CCCCCC(N)CCCCCC(=O)OCCCCC(CCCCCC)CCCCCC. The Morgan fingerprint density at radius 2 is 0.717 bits per heavy atom. The molecule has 0 fully saturated rings. The van der Waals surface area contributed by atoms with Crippen molar-refractivity contribution in [1.29, 1.82) is 0 Å². The average molecular weight is 652 g/mol. The number of ether oxygens (including phenoxy) is 2. The molecule has 0 spiro atoms. The maximum absolute atomic E-state index is 12.2. The molecule has 0 aliphatic heterocycles. The van der Waals surface area contributed by atoms with Crippen LogP contribution in [0.4, 0.5) is 0 Å². The molecule has 0 aromatic rings. The summed E-state index contributed by atoms with van der Waals surface area (Å²) in [5.41, 5.74) is 6.32. The zero-order valence-electron chi connectivity index (χ0n) is 31.4. The summed E-state index contributed by atoms with van der Waals surface area (Å²) >= 11 is 0. The molecule has 0 radical (unpaired) electrons. The summed E-state index contributed by atoms with van der Waals surface area (Å²) in [6, 6.07) is 0.215. The van der Waals surface area contributed by atoms with Crippen molar-refractivity contribution >= 4 is 11.9 Å². The fourth-order valence-corrected chi connectivity index (χ4v) is 6.47. The molecule has 5 heteroatoms. The Hall–Kier alpha value is -1.10. The van der Waals surface area contributed by atoms with E-state index in [4.69, 9.17) is 15.2 Å². The van der Waals surface area contributed by atoms with E-state index in [9.17, 15) is 9.59 Å². The van der Waals surface area contributed by atoms with Crippen LogP contribution in [0.2, 0.25) is 0 Å². The Morgan fingerprint density at radius 3 is 1.15 bits per heavy atom. The molecule has 2 N–H and O–H groups in total. The van der Waals surface area contributed by atoms with Crippen LogP contribution in [0.5, 0.6) is 0 Å². The first kappa shape index (κ1) is 44.9. The van der Waals surface area contributed by atoms with Crippen LogP contribution in [-0.4, -0.2) is 31.2 Å². The van der Waals surface area contributed by atoms with E-state index in [0.717, 1.165) is 70.1 Å². The van der Waals surface area contributed by atoms with Gasteiger partial charge in [0, 0.05) is 18.9 Å². The van der Waals surface area contributed by atoms with Crippen molar-refractivity contribution in [3.63, 3.8) is 0 Å². The predicted molar refractivity (Wildman–Crippen MR) is 198 cm³/mol. The lowest BCUT2D eigenvalue weighted by Gasteiger charge is -2.17. The first-order chi connectivity index (χ1) is 22.5. The van der Waals surface area contributed by atoms with Gasteiger partial charge in [0.15, 0.2) is 0 Å². The zero-order valence-corrected chi connectivity index (χ0v) is 31.4. The van der Waals surface area contributed by atoms with E-state index in [2.05, 4.69) is 20.8 Å². The van der Waals surface area contributed by atoms with Gasteiger partial charge in [-0.05, 0) is 50.9 Å². The molecule has 1 unspecified atom stereocenters. The summed E-state index contributed by atoms with van der Waals surface area (Å²) in [7, 11) is 0. The lowest BCUT2D eigenvalue weighted by atomic mass is 9.90. The van der Waals surface area contributed by atoms with Gasteiger partial charge in [0.25, 0.3) is 0 Å². The second-order valence-electron chi connectivity index (χ2n) is 14.3. The highest BCUT2D eigenvalue weighted by atomic mass is 16.5. The first-order valence-corrected chi connectivity index (χ1v) is 20.6. The molecule has 0 saturated carbocycles. The van der Waals surface area contributed by atoms with Gasteiger partial charge in [-0.2, -0.15) is 0 Å². The fourth-order valence-electron chi connectivity index (χ4n) is 6.47. The van der Waals surface area contributed by atoms with Crippen LogP contribution >= 0.6 is 0 Å². The van der Waals surface area contributed by atoms with Crippen molar-refractivity contribution < 1.29 is 19.1 Å². The lowest BCUT2D eigenvalue weighted by molar-refractivity contribution is -0.144. The molecule has 46 heavy (non-hydrogen) atoms. The molecular formula is C41H81NO4. The van der Waals surface area contributed by atoms with E-state index in [1.165, 1.54) is 128 Å². The fraction of sp³-hybridized carbons (Fsp3) is 0.951. The number of carbonyl (C=O) groups is 2. The molecule has 0 aromatic carbocycles. The molecule has 0 heterocycles. The minimum atomic E-state index is -0.0441. The van der Waals surface area contributed by atoms with Gasteiger partial charge < -0.3 is 15.2 Å². The van der Waals surface area contributed by atoms with E-state index in [1.54, 1.807) is 0 Å². The summed E-state index contributed by atoms with van der Waals surface area (Å²) < 4.78 is 10.9. The first-order valence-electron chi connectivity index (χ1n) is 20.6. The van der Waals surface area contributed by atoms with Gasteiger partial charge in [-0.3, -0.25) is 9.59 Å². The van der Waals surface area contributed by atoms with Crippen molar-refractivity contribution in [2.45, 2.75) is 232 Å². The number of rotatable bonds is 37. The van der Waals surface area contributed by atoms with E-state index in [1.807, 2.05) is 0 Å². The van der Waals surface area contributed by atoms with Crippen LogP contribution in [-0.2, 0) is 19.1 Å². The maximum Gasteiger partial charge on any atom is 0.305 e. The van der Waals surface area contributed by atoms with E-state index in [0.29, 0.717) is 26.1 Å². The van der Waals surface area contributed by atoms with Crippen LogP contribution in [0.3, 0.4) is 0 Å². The van der Waals surface area contributed by atoms with Crippen molar-refractivity contribution in [3.8, 4) is 0 Å². The van der Waals surface area contributed by atoms with E-state index in [-0.39, 0.29) is 18.0 Å². The predicted octanol–water partition coefficient (Wildman–Crippen LogP) is 12.6. The van der Waals surface area contributed by atoms with Gasteiger partial charge in [0.05, 0.1) is 13.2 Å². The van der Waals surface area contributed by atoms with Gasteiger partial charge in [0.1, 0.15) is 0 Å². The molecule has 274 valence electrons. The highest BCUT2D eigenvalue weighted by Gasteiger charge is 2.10. The number of nitrogens with two attached hydrogens (primary N) is 1. The van der Waals surface area contributed by atoms with Crippen LogP contribution < -0.4 is 5.73 Å². The van der Waals surface area contributed by atoms with Crippen LogP contribution in [0.25, 0.3) is 0 Å². The van der Waals surface area contributed by atoms with Crippen LogP contribution in [0.15, 0.2) is 0 Å². The minimum absolute atomic E-state index is 0.0355. The van der Waals surface area contributed by atoms with Crippen molar-refractivity contribution in [2.75, 3.05) is 13.2 Å². The third-order valence-corrected chi connectivity index (χ3v) is 9.62. The molecule has 0 amide bonds. The normalized spacial score (nSPS) is 12.1. The monoisotopic (exact) mass is 652 g/mol. The maximum atomic E-state index is 12.2. The smallest absolute Gasteiger partial charge is 0.305 e. The van der Waals surface area contributed by atoms with Crippen LogP contribution in [0, 0.1) is 5.92 Å². The second-order valence-corrected chi connectivity index (χ2v) is 14.3. The number of carbonyl (C=O) groups excluding carboxylic acids is 2. The van der Waals surface area contributed by atoms with Gasteiger partial charge in [0.2, 0.25) is 0 Å². The molecule has 0 aromatic heterocycles. The third kappa shape index (κ3) is 34.2. The number of unbranched alkanes of at least 4 members (excludes halogenated alkanes) is 19. The van der Waals surface area contributed by atoms with Gasteiger partial charge in [-0.25, -0.2) is 0 Å². The van der Waals surface area contributed by atoms with E-state index < -0.39 is 0 Å². The quantitative estimate of drug-likeness (QED) is 0.0534. The third-order valence-electron chi connectivity index (χ3n) is 9.62. The topological polar surface area (TPSA) is 78.6 Å². The van der Waals surface area contributed by atoms with Crippen molar-refractivity contribution in [1.82, 2.24) is 0 Å². The average Bonchev–Trinajstić information content (AvgIpc) is 3.05. The van der Waals surface area contributed by atoms with Gasteiger partial charge >= 0.3 is 11.9 Å². The van der Waals surface area contributed by atoms with Gasteiger partial charge in [-0.15, -0.1) is 0 Å². The molecule has 0 saturated heterocycles. The standard InChI is InChI=1S/C41H81NO4/c1-4-7-10-13-14-15-16-17-27-36-45-40(43)34-24-18-22-32-39(42)33-23-19-25-35-41(44)46-37-28-26-31-38(29-20-11-8-5-2)30-21-12-9-6-3/h38-39H,4-37,42H2,1-3H3. The lowest BCUT2D eigenvalue weighted by Crippen LogP contribution is -2.19. The summed E-state index contributed by atoms with van der Waals surface area (Å²) in [6.07, 6.45) is 37.7. The largest absolute Gasteiger partial charge is 0.466 e. The number of hydrogen-bond donors (Lipinski definition) is 1. The number of hydrogen-bond acceptors (Lipinski definition) is 5. The molecule has 5 nitrogen and oxygen atoms in total. The molecule has 1 atom stereocenters. The van der Waals surface area contributed by atoms with Crippen LogP contribution in [0.1, 0.15) is 226 Å². The Morgan fingerprint density at radius 1 is 0.413 bits per heavy atom. The van der Waals surface area contributed by atoms with Gasteiger partial charge in [-0.1, -0.05) is 168 Å². The van der Waals surface area contributed by atoms with Crippen molar-refractivity contribution in [2.24, 2.45) is 11.7 Å². The summed E-state index contributed by atoms with van der Waals surface area (Å²) in [5.74, 6) is 0.780. The molecular weight excluding hydrogens is 570 g/mol. The Bertz CT molecular complexity index is 628. The Kier molecular flexibility index (Phi) is 35.9. The minimum Gasteiger partial charge on any atom is -0.466 e. The molecule has 0 aliphatic carbocycles. The molecule has 0 bridgehead atoms. The zero-order chi connectivity index (χ0) is 33.8. The highest BCUT2D eigenvalue weighted by Crippen LogP contribution is 2.23. The van der Waals surface area contributed by atoms with Crippen molar-refractivity contribution in [3.05, 3.63) is 0 Å². The second kappa shape index (κ2) is 36.7. The summed E-state index contributed by atoms with van der Waals surface area (Å²) in [5, 5.41) is 0. The Labute approximate surface area is 287 Å². The van der Waals surface area contributed by atoms with E-state index >= 15 is 0 Å². The Balaban J connectivity index is 3.61. The molecule has 0 aliphatic rings. The summed E-state index contributed by atoms with van der Waals surface area (Å²) in [6.45, 7) is 7.98. The summed E-state index contributed by atoms with van der Waals surface area (Å²) in [4.78, 5) is 24.1. The number of esters is 2. The molecule has 0 rings (SSSR count).